The first-order valence-corrected chi connectivity index (χ1v) is 5.35. The maximum atomic E-state index is 10.7. The van der Waals surface area contributed by atoms with Gasteiger partial charge in [0.1, 0.15) is 5.75 Å². The summed E-state index contributed by atoms with van der Waals surface area (Å²) < 4.78 is 30.4. The lowest BCUT2D eigenvalue weighted by atomic mass is 10.3. The number of nitrogens with zero attached hydrogens (tertiary/aromatic N) is 1. The molecule has 0 saturated heterocycles. The zero-order valence-electron chi connectivity index (χ0n) is 8.11. The third-order valence-corrected chi connectivity index (χ3v) is 1.98. The summed E-state index contributed by atoms with van der Waals surface area (Å²) in [6.45, 7) is 0. The van der Waals surface area contributed by atoms with Gasteiger partial charge in [0.2, 0.25) is 5.75 Å². The highest BCUT2D eigenvalue weighted by Crippen LogP contribution is 2.31. The third kappa shape index (κ3) is 3.07. The van der Waals surface area contributed by atoms with Gasteiger partial charge in [0.05, 0.1) is 12.0 Å². The molecular formula is C7H8N2O6S. The van der Waals surface area contributed by atoms with Gasteiger partial charge in [-0.15, -0.1) is 0 Å². The van der Waals surface area contributed by atoms with Crippen molar-refractivity contribution in [3.8, 4) is 11.5 Å². The second kappa shape index (κ2) is 4.33. The van der Waals surface area contributed by atoms with Gasteiger partial charge in [-0.3, -0.25) is 10.1 Å². The van der Waals surface area contributed by atoms with E-state index < -0.39 is 26.7 Å². The molecule has 16 heavy (non-hydrogen) atoms. The summed E-state index contributed by atoms with van der Waals surface area (Å²) in [4.78, 5) is 9.76. The Balaban J connectivity index is 3.26. The maximum absolute atomic E-state index is 10.7. The number of nitro groups is 1. The lowest BCUT2D eigenvalue weighted by Gasteiger charge is -2.05. The van der Waals surface area contributed by atoms with E-state index in [4.69, 9.17) is 4.74 Å². The Kier molecular flexibility index (Phi) is 3.30. The molecule has 0 unspecified atom stereocenters. The molecule has 0 saturated carbocycles. The van der Waals surface area contributed by atoms with Crippen LogP contribution in [0, 0.1) is 10.1 Å². The fourth-order valence-corrected chi connectivity index (χ4v) is 1.35. The Morgan fingerprint density at radius 2 is 2.06 bits per heavy atom. The van der Waals surface area contributed by atoms with Gasteiger partial charge in [0, 0.05) is 12.1 Å². The van der Waals surface area contributed by atoms with Crippen LogP contribution in [0.25, 0.3) is 0 Å². The second-order valence-corrected chi connectivity index (χ2v) is 3.82. The number of ether oxygens (including phenoxy) is 1. The SMILES string of the molecule is COc1ccc([N+](=O)[O-])c(OS(N)(=O)=O)c1. The minimum Gasteiger partial charge on any atom is -0.497 e. The van der Waals surface area contributed by atoms with Crippen molar-refractivity contribution in [2.75, 3.05) is 7.11 Å². The van der Waals surface area contributed by atoms with Gasteiger partial charge in [0.15, 0.2) is 0 Å². The van der Waals surface area contributed by atoms with Crippen LogP contribution in [-0.2, 0) is 10.3 Å². The van der Waals surface area contributed by atoms with Crippen molar-refractivity contribution in [3.63, 3.8) is 0 Å². The standard InChI is InChI=1S/C7H8N2O6S/c1-14-5-2-3-6(9(10)11)7(4-5)15-16(8,12)13/h2-4H,1H3,(H2,8,12,13). The molecule has 0 amide bonds. The Hall–Kier alpha value is -1.87. The van der Waals surface area contributed by atoms with Crippen LogP contribution in [0.4, 0.5) is 5.69 Å². The van der Waals surface area contributed by atoms with E-state index in [0.29, 0.717) is 0 Å². The monoisotopic (exact) mass is 248 g/mol. The molecular weight excluding hydrogens is 240 g/mol. The van der Waals surface area contributed by atoms with E-state index in [1.807, 2.05) is 0 Å². The normalized spacial score (nSPS) is 10.9. The van der Waals surface area contributed by atoms with Gasteiger partial charge in [-0.25, -0.2) is 0 Å². The molecule has 0 heterocycles. The molecule has 9 heteroatoms. The molecule has 0 bridgehead atoms. The van der Waals surface area contributed by atoms with Crippen LogP contribution in [0.2, 0.25) is 0 Å². The molecule has 1 rings (SSSR count). The molecule has 88 valence electrons. The van der Waals surface area contributed by atoms with Crippen LogP contribution in [-0.4, -0.2) is 20.5 Å². The molecule has 0 spiro atoms. The molecule has 0 aliphatic heterocycles. The van der Waals surface area contributed by atoms with Gasteiger partial charge < -0.3 is 8.92 Å². The minimum atomic E-state index is -4.32. The average Bonchev–Trinajstić information content (AvgIpc) is 2.14. The zero-order valence-corrected chi connectivity index (χ0v) is 8.93. The van der Waals surface area contributed by atoms with Crippen LogP contribution in [0.5, 0.6) is 11.5 Å². The lowest BCUT2D eigenvalue weighted by Crippen LogP contribution is -2.19. The Morgan fingerprint density at radius 1 is 1.44 bits per heavy atom. The number of hydrogen-bond donors (Lipinski definition) is 1. The first-order valence-electron chi connectivity index (χ1n) is 3.88. The molecule has 0 aliphatic rings. The van der Waals surface area contributed by atoms with Crippen molar-refractivity contribution < 1.29 is 22.3 Å². The average molecular weight is 248 g/mol. The largest absolute Gasteiger partial charge is 0.497 e. The Labute approximate surface area is 91.0 Å². The first kappa shape index (κ1) is 12.2. The second-order valence-electron chi connectivity index (χ2n) is 2.67. The highest BCUT2D eigenvalue weighted by molar-refractivity contribution is 7.84. The summed E-state index contributed by atoms with van der Waals surface area (Å²) in [7, 11) is -3.00. The summed E-state index contributed by atoms with van der Waals surface area (Å²) in [6.07, 6.45) is 0. The number of benzene rings is 1. The molecule has 0 aromatic heterocycles. The Morgan fingerprint density at radius 3 is 2.50 bits per heavy atom. The summed E-state index contributed by atoms with van der Waals surface area (Å²) in [5.41, 5.74) is -0.519. The summed E-state index contributed by atoms with van der Waals surface area (Å²) in [5.74, 6) is -0.281. The Bertz CT molecular complexity index is 512. The predicted molar refractivity (Wildman–Crippen MR) is 53.4 cm³/mol. The molecule has 2 N–H and O–H groups in total. The number of nitro benzene ring substituents is 1. The van der Waals surface area contributed by atoms with Crippen molar-refractivity contribution in [1.82, 2.24) is 0 Å². The van der Waals surface area contributed by atoms with E-state index in [1.165, 1.54) is 13.2 Å². The number of methoxy groups -OCH3 is 1. The van der Waals surface area contributed by atoms with E-state index >= 15 is 0 Å². The molecule has 0 atom stereocenters. The molecule has 0 radical (unpaired) electrons. The van der Waals surface area contributed by atoms with Crippen LogP contribution < -0.4 is 14.1 Å². The molecule has 8 nitrogen and oxygen atoms in total. The van der Waals surface area contributed by atoms with E-state index in [1.54, 1.807) is 0 Å². The maximum Gasteiger partial charge on any atom is 0.380 e. The number of hydrogen-bond acceptors (Lipinski definition) is 6. The van der Waals surface area contributed by atoms with E-state index in [2.05, 4.69) is 9.32 Å². The smallest absolute Gasteiger partial charge is 0.380 e. The summed E-state index contributed by atoms with van der Waals surface area (Å²) in [5, 5.41) is 15.2. The van der Waals surface area contributed by atoms with Gasteiger partial charge in [-0.1, -0.05) is 0 Å². The van der Waals surface area contributed by atoms with Crippen LogP contribution in [0.3, 0.4) is 0 Å². The highest BCUT2D eigenvalue weighted by Gasteiger charge is 2.19. The minimum absolute atomic E-state index is 0.212. The van der Waals surface area contributed by atoms with E-state index in [-0.39, 0.29) is 5.75 Å². The van der Waals surface area contributed by atoms with Crippen LogP contribution >= 0.6 is 0 Å². The van der Waals surface area contributed by atoms with Crippen molar-refractivity contribution >= 4 is 16.0 Å². The fourth-order valence-electron chi connectivity index (χ4n) is 0.964. The van der Waals surface area contributed by atoms with Crippen molar-refractivity contribution in [3.05, 3.63) is 28.3 Å². The predicted octanol–water partition coefficient (Wildman–Crippen LogP) is 0.186. The van der Waals surface area contributed by atoms with E-state index in [9.17, 15) is 18.5 Å². The van der Waals surface area contributed by atoms with E-state index in [0.717, 1.165) is 12.1 Å². The van der Waals surface area contributed by atoms with Crippen molar-refractivity contribution in [1.29, 1.82) is 0 Å². The van der Waals surface area contributed by atoms with Gasteiger partial charge >= 0.3 is 16.0 Å². The first-order chi connectivity index (χ1) is 7.33. The summed E-state index contributed by atoms with van der Waals surface area (Å²) in [6, 6.07) is 3.41. The van der Waals surface area contributed by atoms with Crippen molar-refractivity contribution in [2.45, 2.75) is 0 Å². The molecule has 0 aliphatic carbocycles. The highest BCUT2D eigenvalue weighted by atomic mass is 32.2. The van der Waals surface area contributed by atoms with Crippen LogP contribution in [0.15, 0.2) is 18.2 Å². The molecule has 1 aromatic rings. The van der Waals surface area contributed by atoms with Gasteiger partial charge in [-0.05, 0) is 6.07 Å². The summed E-state index contributed by atoms with van der Waals surface area (Å²) >= 11 is 0. The fraction of sp³-hybridized carbons (Fsp3) is 0.143. The number of nitrogens with two attached hydrogens (primary N) is 1. The number of rotatable bonds is 4. The molecule has 1 aromatic carbocycles. The van der Waals surface area contributed by atoms with Crippen LogP contribution in [0.1, 0.15) is 0 Å². The topological polar surface area (TPSA) is 122 Å². The van der Waals surface area contributed by atoms with Gasteiger partial charge in [0.25, 0.3) is 0 Å². The lowest BCUT2D eigenvalue weighted by molar-refractivity contribution is -0.385. The van der Waals surface area contributed by atoms with Gasteiger partial charge in [-0.2, -0.15) is 13.6 Å². The molecule has 0 fully saturated rings. The third-order valence-electron chi connectivity index (χ3n) is 1.57. The quantitative estimate of drug-likeness (QED) is 0.599. The van der Waals surface area contributed by atoms with Crippen molar-refractivity contribution in [2.24, 2.45) is 5.14 Å². The zero-order chi connectivity index (χ0) is 12.3.